The van der Waals surface area contributed by atoms with Gasteiger partial charge in [-0.15, -0.1) is 10.2 Å². The lowest BCUT2D eigenvalue weighted by Gasteiger charge is -2.26. The number of fused-ring (bicyclic) bond motifs is 2. The Morgan fingerprint density at radius 1 is 1.22 bits per heavy atom. The van der Waals surface area contributed by atoms with E-state index >= 15 is 0 Å². The number of benzene rings is 1. The lowest BCUT2D eigenvalue weighted by atomic mass is 10.1. The van der Waals surface area contributed by atoms with Gasteiger partial charge in [0.05, 0.1) is 12.0 Å². The summed E-state index contributed by atoms with van der Waals surface area (Å²) in [6.45, 7) is 4.90. The molecule has 5 rings (SSSR count). The van der Waals surface area contributed by atoms with Crippen molar-refractivity contribution in [2.45, 2.75) is 26.0 Å². The number of ether oxygens (including phenoxy) is 3. The molecule has 0 spiro atoms. The number of aromatic nitrogens is 5. The average Bonchev–Trinajstić information content (AvgIpc) is 3.29. The fourth-order valence-corrected chi connectivity index (χ4v) is 3.79. The first kappa shape index (κ1) is 20.2. The average molecular weight is 433 g/mol. The summed E-state index contributed by atoms with van der Waals surface area (Å²) in [5.74, 6) is 2.31. The molecule has 164 valence electrons. The maximum Gasteiger partial charge on any atom is 0.264 e. The third-order valence-corrected chi connectivity index (χ3v) is 5.38. The minimum Gasteiger partial charge on any atom is -0.486 e. The van der Waals surface area contributed by atoms with E-state index in [2.05, 4.69) is 29.0 Å². The van der Waals surface area contributed by atoms with Gasteiger partial charge < -0.3 is 18.8 Å². The molecule has 3 aromatic heterocycles. The molecule has 0 fully saturated rings. The zero-order valence-corrected chi connectivity index (χ0v) is 18.1. The second-order valence-corrected chi connectivity index (χ2v) is 7.92. The molecule has 1 atom stereocenters. The van der Waals surface area contributed by atoms with E-state index in [1.54, 1.807) is 31.8 Å². The van der Waals surface area contributed by atoms with Gasteiger partial charge in [0.1, 0.15) is 24.4 Å². The van der Waals surface area contributed by atoms with Crippen molar-refractivity contribution in [2.75, 3.05) is 20.3 Å². The van der Waals surface area contributed by atoms with Crippen LogP contribution in [0.2, 0.25) is 0 Å². The number of methoxy groups -OCH3 is 1. The number of hydrogen-bond acceptors (Lipinski definition) is 7. The van der Waals surface area contributed by atoms with Crippen molar-refractivity contribution < 1.29 is 14.2 Å². The molecule has 9 heteroatoms. The van der Waals surface area contributed by atoms with Crippen molar-refractivity contribution >= 4 is 10.8 Å². The predicted molar refractivity (Wildman–Crippen MR) is 119 cm³/mol. The van der Waals surface area contributed by atoms with Gasteiger partial charge in [0.15, 0.2) is 23.4 Å². The molecule has 4 aromatic rings. The number of pyridine rings is 2. The molecule has 0 saturated carbocycles. The van der Waals surface area contributed by atoms with Gasteiger partial charge in [0.25, 0.3) is 5.56 Å². The number of nitrogens with zero attached hydrogens (tertiary/aromatic N) is 5. The highest BCUT2D eigenvalue weighted by molar-refractivity contribution is 5.85. The highest BCUT2D eigenvalue weighted by Crippen LogP contribution is 2.35. The molecule has 4 heterocycles. The summed E-state index contributed by atoms with van der Waals surface area (Å²) in [5, 5.41) is 9.51. The fraction of sp³-hybridized carbons (Fsp3) is 0.304. The second-order valence-electron chi connectivity index (χ2n) is 7.92. The summed E-state index contributed by atoms with van der Waals surface area (Å²) >= 11 is 0. The van der Waals surface area contributed by atoms with Crippen LogP contribution in [0, 0.1) is 0 Å². The van der Waals surface area contributed by atoms with Crippen LogP contribution in [0.1, 0.15) is 19.9 Å². The van der Waals surface area contributed by atoms with E-state index in [0.717, 1.165) is 5.39 Å². The molecular weight excluding hydrogens is 410 g/mol. The van der Waals surface area contributed by atoms with Crippen LogP contribution in [-0.2, 0) is 4.74 Å². The van der Waals surface area contributed by atoms with Crippen molar-refractivity contribution in [3.8, 4) is 28.8 Å². The zero-order chi connectivity index (χ0) is 22.2. The molecule has 0 bridgehead atoms. The molecule has 0 radical (unpaired) electrons. The second kappa shape index (κ2) is 8.08. The van der Waals surface area contributed by atoms with E-state index in [-0.39, 0.29) is 17.7 Å². The lowest BCUT2D eigenvalue weighted by Crippen LogP contribution is -2.33. The van der Waals surface area contributed by atoms with Crippen LogP contribution in [0.4, 0.5) is 0 Å². The minimum atomic E-state index is -0.192. The summed E-state index contributed by atoms with van der Waals surface area (Å²) in [6, 6.07) is 11.1. The Morgan fingerprint density at radius 2 is 2.09 bits per heavy atom. The molecule has 1 unspecified atom stereocenters. The lowest BCUT2D eigenvalue weighted by molar-refractivity contribution is 0.0274. The van der Waals surface area contributed by atoms with Gasteiger partial charge in [-0.05, 0) is 49.6 Å². The van der Waals surface area contributed by atoms with E-state index < -0.39 is 0 Å². The maximum atomic E-state index is 13.3. The van der Waals surface area contributed by atoms with Crippen molar-refractivity contribution in [3.63, 3.8) is 0 Å². The minimum absolute atomic E-state index is 0.176. The highest BCUT2D eigenvalue weighted by atomic mass is 16.6. The van der Waals surface area contributed by atoms with Gasteiger partial charge in [-0.3, -0.25) is 9.36 Å². The van der Waals surface area contributed by atoms with Gasteiger partial charge in [-0.25, -0.2) is 4.98 Å². The molecule has 32 heavy (non-hydrogen) atoms. The van der Waals surface area contributed by atoms with Crippen LogP contribution in [0.15, 0.2) is 53.7 Å². The molecule has 1 aliphatic heterocycles. The van der Waals surface area contributed by atoms with Crippen molar-refractivity contribution in [1.82, 2.24) is 24.3 Å². The monoisotopic (exact) mass is 433 g/mol. The van der Waals surface area contributed by atoms with Gasteiger partial charge in [0, 0.05) is 19.3 Å². The van der Waals surface area contributed by atoms with E-state index in [4.69, 9.17) is 14.2 Å². The van der Waals surface area contributed by atoms with Crippen molar-refractivity contribution in [2.24, 2.45) is 0 Å². The highest BCUT2D eigenvalue weighted by Gasteiger charge is 2.22. The zero-order valence-electron chi connectivity index (χ0n) is 18.1. The third kappa shape index (κ3) is 3.50. The summed E-state index contributed by atoms with van der Waals surface area (Å²) in [7, 11) is 1.62. The van der Waals surface area contributed by atoms with Crippen LogP contribution in [0.5, 0.6) is 11.5 Å². The van der Waals surface area contributed by atoms with Crippen LogP contribution >= 0.6 is 0 Å². The molecule has 9 nitrogen and oxygen atoms in total. The molecule has 0 aliphatic carbocycles. The first-order valence-corrected chi connectivity index (χ1v) is 10.4. The summed E-state index contributed by atoms with van der Waals surface area (Å²) < 4.78 is 20.4. The Balaban J connectivity index is 1.56. The van der Waals surface area contributed by atoms with Crippen molar-refractivity contribution in [1.29, 1.82) is 0 Å². The van der Waals surface area contributed by atoms with Gasteiger partial charge >= 0.3 is 0 Å². The summed E-state index contributed by atoms with van der Waals surface area (Å²) in [6.07, 6.45) is 3.22. The Kier molecular flexibility index (Phi) is 5.10. The molecule has 1 aliphatic rings. The van der Waals surface area contributed by atoms with E-state index in [9.17, 15) is 4.79 Å². The van der Waals surface area contributed by atoms with E-state index in [1.165, 1.54) is 4.57 Å². The summed E-state index contributed by atoms with van der Waals surface area (Å²) in [4.78, 5) is 18.0. The van der Waals surface area contributed by atoms with Crippen molar-refractivity contribution in [3.05, 3.63) is 59.3 Å². The Morgan fingerprint density at radius 3 is 2.91 bits per heavy atom. The SMILES string of the molecule is COCC1COc2cc3c(=O)n(-c4cccc(-c5nncn5C(C)C)n4)ccc3cc2O1. The van der Waals surface area contributed by atoms with Gasteiger partial charge in [0.2, 0.25) is 0 Å². The Bertz CT molecular complexity index is 1340. The number of hydrogen-bond donors (Lipinski definition) is 0. The Hall–Kier alpha value is -3.72. The van der Waals surface area contributed by atoms with E-state index in [0.29, 0.717) is 47.4 Å². The predicted octanol–water partition coefficient (Wildman–Crippen LogP) is 3.01. The van der Waals surface area contributed by atoms with E-state index in [1.807, 2.05) is 28.8 Å². The summed E-state index contributed by atoms with van der Waals surface area (Å²) in [5.41, 5.74) is 0.454. The van der Waals surface area contributed by atoms with Crippen LogP contribution in [0.3, 0.4) is 0 Å². The third-order valence-electron chi connectivity index (χ3n) is 5.38. The standard InChI is InChI=1S/C23H23N5O4/c1-14(2)28-13-24-26-22(28)18-5-4-6-21(25-18)27-8-7-15-9-20-19(10-17(15)23(27)29)31-12-16(32-20)11-30-3/h4-10,13-14,16H,11-12H2,1-3H3. The molecular formula is C23H23N5O4. The molecule has 0 amide bonds. The fourth-order valence-electron chi connectivity index (χ4n) is 3.79. The van der Waals surface area contributed by atoms with Crippen LogP contribution in [-0.4, -0.2) is 50.7 Å². The van der Waals surface area contributed by atoms with Crippen LogP contribution < -0.4 is 15.0 Å². The quantitative estimate of drug-likeness (QED) is 0.478. The van der Waals surface area contributed by atoms with Crippen LogP contribution in [0.25, 0.3) is 28.1 Å². The first-order valence-electron chi connectivity index (χ1n) is 10.4. The Labute approximate surface area is 184 Å². The smallest absolute Gasteiger partial charge is 0.264 e. The van der Waals surface area contributed by atoms with Gasteiger partial charge in [-0.1, -0.05) is 6.07 Å². The molecule has 1 aromatic carbocycles. The normalized spacial score (nSPS) is 15.4. The largest absolute Gasteiger partial charge is 0.486 e. The molecule has 0 N–H and O–H groups in total. The molecule has 0 saturated heterocycles. The van der Waals surface area contributed by atoms with Gasteiger partial charge in [-0.2, -0.15) is 0 Å². The maximum absolute atomic E-state index is 13.3. The first-order chi connectivity index (χ1) is 15.5. The number of rotatable bonds is 5. The topological polar surface area (TPSA) is 93.3 Å².